The van der Waals surface area contributed by atoms with Gasteiger partial charge >= 0.3 is 0 Å². The van der Waals surface area contributed by atoms with Crippen molar-refractivity contribution in [1.82, 2.24) is 4.98 Å². The SMILES string of the molecule is NC(=O)c1[nH]c2ccc(Cl)cc2c1[S+]([O-])c1ccccc1. The molecule has 1 unspecified atom stereocenters. The van der Waals surface area contributed by atoms with Crippen LogP contribution in [0.5, 0.6) is 0 Å². The summed E-state index contributed by atoms with van der Waals surface area (Å²) in [7, 11) is 0. The molecule has 0 bridgehead atoms. The van der Waals surface area contributed by atoms with E-state index in [0.717, 1.165) is 0 Å². The first-order chi connectivity index (χ1) is 10.1. The normalized spacial score (nSPS) is 12.5. The minimum Gasteiger partial charge on any atom is -0.606 e. The Bertz CT molecular complexity index is 817. The molecule has 106 valence electrons. The highest BCUT2D eigenvalue weighted by molar-refractivity contribution is 7.91. The quantitative estimate of drug-likeness (QED) is 0.727. The molecule has 3 rings (SSSR count). The van der Waals surface area contributed by atoms with E-state index in [1.54, 1.807) is 42.5 Å². The van der Waals surface area contributed by atoms with E-state index >= 15 is 0 Å². The third kappa shape index (κ3) is 2.51. The van der Waals surface area contributed by atoms with E-state index in [2.05, 4.69) is 4.98 Å². The van der Waals surface area contributed by atoms with Crippen molar-refractivity contribution < 1.29 is 9.35 Å². The predicted octanol–water partition coefficient (Wildman–Crippen LogP) is 3.09. The molecular weight excluding hydrogens is 308 g/mol. The zero-order valence-electron chi connectivity index (χ0n) is 10.8. The van der Waals surface area contributed by atoms with Crippen molar-refractivity contribution in [2.75, 3.05) is 0 Å². The second-order valence-corrected chi connectivity index (χ2v) is 6.32. The van der Waals surface area contributed by atoms with Crippen LogP contribution in [0.15, 0.2) is 58.3 Å². The van der Waals surface area contributed by atoms with Gasteiger partial charge in [0, 0.05) is 16.2 Å². The molecule has 0 aliphatic heterocycles. The lowest BCUT2D eigenvalue weighted by Crippen LogP contribution is -2.16. The van der Waals surface area contributed by atoms with E-state index in [1.807, 2.05) is 6.07 Å². The fraction of sp³-hybridized carbons (Fsp3) is 0. The van der Waals surface area contributed by atoms with E-state index in [9.17, 15) is 9.35 Å². The minimum absolute atomic E-state index is 0.148. The topological polar surface area (TPSA) is 81.9 Å². The van der Waals surface area contributed by atoms with Crippen molar-refractivity contribution in [3.05, 3.63) is 59.2 Å². The van der Waals surface area contributed by atoms with E-state index in [1.165, 1.54) is 0 Å². The average Bonchev–Trinajstić information content (AvgIpc) is 2.86. The van der Waals surface area contributed by atoms with E-state index in [-0.39, 0.29) is 5.69 Å². The Kier molecular flexibility index (Phi) is 3.63. The van der Waals surface area contributed by atoms with E-state index < -0.39 is 17.1 Å². The van der Waals surface area contributed by atoms with Crippen LogP contribution in [0.4, 0.5) is 0 Å². The van der Waals surface area contributed by atoms with E-state index in [0.29, 0.717) is 25.7 Å². The number of amides is 1. The zero-order valence-corrected chi connectivity index (χ0v) is 12.4. The fourth-order valence-electron chi connectivity index (χ4n) is 2.17. The number of benzene rings is 2. The number of hydrogen-bond acceptors (Lipinski definition) is 2. The number of halogens is 1. The van der Waals surface area contributed by atoms with Crippen molar-refractivity contribution >= 4 is 39.6 Å². The smallest absolute Gasteiger partial charge is 0.270 e. The predicted molar refractivity (Wildman–Crippen MR) is 82.9 cm³/mol. The number of hydrogen-bond donors (Lipinski definition) is 2. The highest BCUT2D eigenvalue weighted by Crippen LogP contribution is 2.33. The molecule has 3 aromatic rings. The van der Waals surface area contributed by atoms with Crippen LogP contribution in [0.1, 0.15) is 10.5 Å². The number of H-pyrrole nitrogens is 1. The molecule has 0 saturated heterocycles. The van der Waals surface area contributed by atoms with Crippen molar-refractivity contribution in [1.29, 1.82) is 0 Å². The molecule has 2 aromatic carbocycles. The molecule has 0 saturated carbocycles. The third-order valence-corrected chi connectivity index (χ3v) is 4.83. The summed E-state index contributed by atoms with van der Waals surface area (Å²) in [4.78, 5) is 15.5. The Labute approximate surface area is 129 Å². The number of primary amides is 1. The van der Waals surface area contributed by atoms with Crippen LogP contribution in [0.3, 0.4) is 0 Å². The number of fused-ring (bicyclic) bond motifs is 1. The van der Waals surface area contributed by atoms with Crippen LogP contribution in [0.25, 0.3) is 10.9 Å². The standard InChI is InChI=1S/C15H11ClN2O2S/c16-9-6-7-12-11(8-9)14(13(18-12)15(17)19)21(20)10-4-2-1-3-5-10/h1-8,18H,(H2,17,19). The molecule has 3 N–H and O–H groups in total. The lowest BCUT2D eigenvalue weighted by Gasteiger charge is -2.10. The number of nitrogens with two attached hydrogens (primary N) is 1. The van der Waals surface area contributed by atoms with Gasteiger partial charge in [0.1, 0.15) is 0 Å². The number of aromatic nitrogens is 1. The maximum atomic E-state index is 12.8. The maximum Gasteiger partial charge on any atom is 0.270 e. The number of carbonyl (C=O) groups excluding carboxylic acids is 1. The molecule has 0 aliphatic carbocycles. The summed E-state index contributed by atoms with van der Waals surface area (Å²) in [5.41, 5.74) is 6.22. The second-order valence-electron chi connectivity index (χ2n) is 4.47. The number of carbonyl (C=O) groups is 1. The van der Waals surface area contributed by atoms with Crippen LogP contribution in [0.2, 0.25) is 5.02 Å². The third-order valence-electron chi connectivity index (χ3n) is 3.10. The molecule has 0 fully saturated rings. The molecule has 1 atom stereocenters. The summed E-state index contributed by atoms with van der Waals surface area (Å²) in [6, 6.07) is 14.0. The Balaban J connectivity index is 2.26. The Hall–Kier alpha value is -1.95. The van der Waals surface area contributed by atoms with Crippen molar-refractivity contribution in [3.8, 4) is 0 Å². The summed E-state index contributed by atoms with van der Waals surface area (Å²) in [5, 5.41) is 1.14. The van der Waals surface area contributed by atoms with Crippen molar-refractivity contribution in [2.45, 2.75) is 9.79 Å². The van der Waals surface area contributed by atoms with E-state index in [4.69, 9.17) is 17.3 Å². The maximum absolute atomic E-state index is 12.8. The average molecular weight is 319 g/mol. The Morgan fingerprint density at radius 1 is 1.19 bits per heavy atom. The molecule has 1 aromatic heterocycles. The minimum atomic E-state index is -1.52. The first-order valence-corrected chi connectivity index (χ1v) is 7.68. The van der Waals surface area contributed by atoms with Crippen LogP contribution in [-0.4, -0.2) is 15.4 Å². The Morgan fingerprint density at radius 3 is 2.57 bits per heavy atom. The van der Waals surface area contributed by atoms with Gasteiger partial charge in [0.25, 0.3) is 5.91 Å². The van der Waals surface area contributed by atoms with Gasteiger partial charge in [0.15, 0.2) is 15.5 Å². The molecule has 0 spiro atoms. The van der Waals surface area contributed by atoms with Gasteiger partial charge < -0.3 is 15.3 Å². The first-order valence-electron chi connectivity index (χ1n) is 6.16. The largest absolute Gasteiger partial charge is 0.606 e. The Morgan fingerprint density at radius 2 is 1.90 bits per heavy atom. The van der Waals surface area contributed by atoms with Crippen LogP contribution < -0.4 is 5.73 Å². The highest BCUT2D eigenvalue weighted by atomic mass is 35.5. The van der Waals surface area contributed by atoms with Gasteiger partial charge in [-0.15, -0.1) is 0 Å². The van der Waals surface area contributed by atoms with Gasteiger partial charge in [-0.3, -0.25) is 4.79 Å². The summed E-state index contributed by atoms with van der Waals surface area (Å²) in [6.07, 6.45) is 0. The van der Waals surface area contributed by atoms with Gasteiger partial charge in [0.05, 0.1) is 10.9 Å². The number of nitrogens with one attached hydrogen (secondary N) is 1. The van der Waals surface area contributed by atoms with Crippen molar-refractivity contribution in [3.63, 3.8) is 0 Å². The van der Waals surface area contributed by atoms with Crippen molar-refractivity contribution in [2.24, 2.45) is 5.73 Å². The lowest BCUT2D eigenvalue weighted by molar-refractivity contribution is 0.0993. The lowest BCUT2D eigenvalue weighted by atomic mass is 10.2. The monoisotopic (exact) mass is 318 g/mol. The molecule has 0 radical (unpaired) electrons. The summed E-state index contributed by atoms with van der Waals surface area (Å²) in [5.74, 6) is -0.651. The molecule has 1 heterocycles. The zero-order chi connectivity index (χ0) is 15.0. The van der Waals surface area contributed by atoms with Crippen LogP contribution >= 0.6 is 11.6 Å². The van der Waals surface area contributed by atoms with Crippen LogP contribution in [0, 0.1) is 0 Å². The second kappa shape index (κ2) is 5.44. The first kappa shape index (κ1) is 14.0. The highest BCUT2D eigenvalue weighted by Gasteiger charge is 2.27. The number of rotatable bonds is 3. The fourth-order valence-corrected chi connectivity index (χ4v) is 3.69. The van der Waals surface area contributed by atoms with Gasteiger partial charge in [-0.05, 0) is 30.3 Å². The molecule has 21 heavy (non-hydrogen) atoms. The molecule has 0 aliphatic rings. The molecule has 6 heteroatoms. The summed E-state index contributed by atoms with van der Waals surface area (Å²) >= 11 is 4.48. The van der Waals surface area contributed by atoms with Gasteiger partial charge in [0.2, 0.25) is 0 Å². The number of aromatic amines is 1. The van der Waals surface area contributed by atoms with Gasteiger partial charge in [-0.1, -0.05) is 29.8 Å². The molecule has 1 amide bonds. The summed E-state index contributed by atoms with van der Waals surface area (Å²) in [6.45, 7) is 0. The van der Waals surface area contributed by atoms with Crippen LogP contribution in [-0.2, 0) is 11.2 Å². The molecular formula is C15H11ClN2O2S. The molecule has 4 nitrogen and oxygen atoms in total. The summed E-state index contributed by atoms with van der Waals surface area (Å²) < 4.78 is 12.8. The van der Waals surface area contributed by atoms with Gasteiger partial charge in [-0.2, -0.15) is 0 Å². The van der Waals surface area contributed by atoms with Gasteiger partial charge in [-0.25, -0.2) is 0 Å².